The van der Waals surface area contributed by atoms with Gasteiger partial charge in [0.2, 0.25) is 0 Å². The van der Waals surface area contributed by atoms with Gasteiger partial charge in [0.1, 0.15) is 0 Å². The molecule has 5 nitrogen and oxygen atoms in total. The second kappa shape index (κ2) is 7.81. The minimum Gasteiger partial charge on any atom is -0.481 e. The van der Waals surface area contributed by atoms with Crippen LogP contribution in [0.5, 0.6) is 0 Å². The molecule has 2 amide bonds. The molecule has 2 atom stereocenters. The Balaban J connectivity index is 2.47. The van der Waals surface area contributed by atoms with Crippen LogP contribution in [-0.4, -0.2) is 41.6 Å². The molecular weight excluding hydrogens is 244 g/mol. The summed E-state index contributed by atoms with van der Waals surface area (Å²) in [6.07, 6.45) is 5.31. The Hall–Kier alpha value is -1.52. The number of urea groups is 1. The summed E-state index contributed by atoms with van der Waals surface area (Å²) in [6, 6.07) is -0.142. The van der Waals surface area contributed by atoms with Crippen LogP contribution < -0.4 is 5.32 Å². The third-order valence-electron chi connectivity index (χ3n) is 3.76. The van der Waals surface area contributed by atoms with Crippen LogP contribution in [0.25, 0.3) is 0 Å². The molecule has 0 aromatic rings. The second-order valence-corrected chi connectivity index (χ2v) is 5.00. The Morgan fingerprint density at radius 3 is 2.68 bits per heavy atom. The lowest BCUT2D eigenvalue weighted by molar-refractivity contribution is -0.144. The predicted octanol–water partition coefficient (Wildman–Crippen LogP) is 2.09. The van der Waals surface area contributed by atoms with Crippen LogP contribution in [0.15, 0.2) is 12.7 Å². The molecule has 0 spiro atoms. The third-order valence-corrected chi connectivity index (χ3v) is 3.76. The number of carbonyl (C=O) groups is 2. The maximum atomic E-state index is 11.9. The van der Waals surface area contributed by atoms with Gasteiger partial charge in [-0.05, 0) is 25.7 Å². The minimum absolute atomic E-state index is 0.0534. The molecule has 0 saturated heterocycles. The number of hydrogen-bond donors (Lipinski definition) is 2. The Bertz CT molecular complexity index is 331. The van der Waals surface area contributed by atoms with Crippen molar-refractivity contribution in [1.82, 2.24) is 10.2 Å². The first kappa shape index (κ1) is 15.5. The number of aliphatic carboxylic acids is 1. The molecule has 2 N–H and O–H groups in total. The summed E-state index contributed by atoms with van der Waals surface area (Å²) >= 11 is 0. The normalized spacial score (nSPS) is 22.6. The van der Waals surface area contributed by atoms with Gasteiger partial charge in [0.25, 0.3) is 0 Å². The highest BCUT2D eigenvalue weighted by atomic mass is 16.4. The van der Waals surface area contributed by atoms with Crippen molar-refractivity contribution in [3.05, 3.63) is 12.7 Å². The predicted molar refractivity (Wildman–Crippen MR) is 73.9 cm³/mol. The van der Waals surface area contributed by atoms with E-state index in [0.717, 1.165) is 25.7 Å². The van der Waals surface area contributed by atoms with Gasteiger partial charge in [-0.2, -0.15) is 0 Å². The molecule has 1 aliphatic rings. The molecule has 19 heavy (non-hydrogen) atoms. The molecule has 1 saturated carbocycles. The fourth-order valence-electron chi connectivity index (χ4n) is 2.62. The van der Waals surface area contributed by atoms with Gasteiger partial charge in [-0.15, -0.1) is 6.58 Å². The van der Waals surface area contributed by atoms with E-state index < -0.39 is 5.97 Å². The van der Waals surface area contributed by atoms with Crippen LogP contribution in [0, 0.1) is 11.8 Å². The van der Waals surface area contributed by atoms with Crippen LogP contribution in [0.2, 0.25) is 0 Å². The van der Waals surface area contributed by atoms with Crippen LogP contribution in [0.3, 0.4) is 0 Å². The number of nitrogens with one attached hydrogen (secondary N) is 1. The molecule has 0 aromatic carbocycles. The molecule has 0 aromatic heterocycles. The Kier molecular flexibility index (Phi) is 6.39. The van der Waals surface area contributed by atoms with Crippen molar-refractivity contribution in [3.8, 4) is 0 Å². The van der Waals surface area contributed by atoms with Crippen molar-refractivity contribution >= 4 is 12.0 Å². The summed E-state index contributed by atoms with van der Waals surface area (Å²) in [6.45, 7) is 7.10. The minimum atomic E-state index is -0.739. The standard InChI is InChI=1S/C14H24N2O3/c1-3-9-16(4-2)14(19)15-10-11-7-5-6-8-12(11)13(17)18/h3,11-12H,1,4-10H2,2H3,(H,15,19)(H,17,18). The first-order valence-electron chi connectivity index (χ1n) is 6.96. The average molecular weight is 268 g/mol. The lowest BCUT2D eigenvalue weighted by atomic mass is 9.79. The molecule has 0 aliphatic heterocycles. The van der Waals surface area contributed by atoms with Gasteiger partial charge in [0, 0.05) is 19.6 Å². The van der Waals surface area contributed by atoms with Gasteiger partial charge in [-0.1, -0.05) is 18.9 Å². The highest BCUT2D eigenvalue weighted by Gasteiger charge is 2.31. The Morgan fingerprint density at radius 1 is 1.42 bits per heavy atom. The maximum Gasteiger partial charge on any atom is 0.317 e. The van der Waals surface area contributed by atoms with Crippen LogP contribution in [0.1, 0.15) is 32.6 Å². The van der Waals surface area contributed by atoms with Crippen molar-refractivity contribution in [2.45, 2.75) is 32.6 Å². The largest absolute Gasteiger partial charge is 0.481 e. The van der Waals surface area contributed by atoms with Gasteiger partial charge in [0.15, 0.2) is 0 Å². The molecule has 5 heteroatoms. The zero-order valence-corrected chi connectivity index (χ0v) is 11.6. The first-order chi connectivity index (χ1) is 9.10. The van der Waals surface area contributed by atoms with E-state index in [2.05, 4.69) is 11.9 Å². The van der Waals surface area contributed by atoms with E-state index in [1.807, 2.05) is 6.92 Å². The number of rotatable bonds is 6. The zero-order valence-electron chi connectivity index (χ0n) is 11.6. The van der Waals surface area contributed by atoms with Gasteiger partial charge < -0.3 is 15.3 Å². The van der Waals surface area contributed by atoms with Crippen LogP contribution >= 0.6 is 0 Å². The second-order valence-electron chi connectivity index (χ2n) is 5.00. The van der Waals surface area contributed by atoms with Crippen molar-refractivity contribution in [1.29, 1.82) is 0 Å². The van der Waals surface area contributed by atoms with Crippen molar-refractivity contribution in [2.24, 2.45) is 11.8 Å². The number of likely N-dealkylation sites (N-methyl/N-ethyl adjacent to an activating group) is 1. The molecule has 0 radical (unpaired) electrons. The number of amides is 2. The van der Waals surface area contributed by atoms with Gasteiger partial charge in [-0.25, -0.2) is 4.79 Å². The van der Waals surface area contributed by atoms with E-state index in [9.17, 15) is 14.7 Å². The lowest BCUT2D eigenvalue weighted by Gasteiger charge is -2.29. The highest BCUT2D eigenvalue weighted by molar-refractivity contribution is 5.74. The number of carboxylic acids is 1. The molecule has 0 heterocycles. The SMILES string of the molecule is C=CCN(CC)C(=O)NCC1CCCCC1C(=O)O. The Morgan fingerprint density at radius 2 is 2.11 bits per heavy atom. The maximum absolute atomic E-state index is 11.9. The summed E-state index contributed by atoms with van der Waals surface area (Å²) in [5.41, 5.74) is 0. The Labute approximate surface area is 114 Å². The third kappa shape index (κ3) is 4.58. The summed E-state index contributed by atoms with van der Waals surface area (Å²) in [4.78, 5) is 24.7. The highest BCUT2D eigenvalue weighted by Crippen LogP contribution is 2.29. The van der Waals surface area contributed by atoms with Crippen molar-refractivity contribution < 1.29 is 14.7 Å². The molecule has 0 bridgehead atoms. The smallest absolute Gasteiger partial charge is 0.317 e. The van der Waals surface area contributed by atoms with Crippen LogP contribution in [0.4, 0.5) is 4.79 Å². The summed E-state index contributed by atoms with van der Waals surface area (Å²) in [7, 11) is 0. The molecule has 108 valence electrons. The van der Waals surface area contributed by atoms with Gasteiger partial charge in [0.05, 0.1) is 5.92 Å². The number of carbonyl (C=O) groups excluding carboxylic acids is 1. The van der Waals surface area contributed by atoms with E-state index in [-0.39, 0.29) is 17.9 Å². The number of hydrogen-bond acceptors (Lipinski definition) is 2. The topological polar surface area (TPSA) is 69.6 Å². The van der Waals surface area contributed by atoms with E-state index in [4.69, 9.17) is 0 Å². The average Bonchev–Trinajstić information content (AvgIpc) is 2.42. The van der Waals surface area contributed by atoms with Gasteiger partial charge in [-0.3, -0.25) is 4.79 Å². The fraction of sp³-hybridized carbons (Fsp3) is 0.714. The van der Waals surface area contributed by atoms with Gasteiger partial charge >= 0.3 is 12.0 Å². The summed E-state index contributed by atoms with van der Waals surface area (Å²) < 4.78 is 0. The van der Waals surface area contributed by atoms with E-state index in [1.165, 1.54) is 0 Å². The molecular formula is C14H24N2O3. The van der Waals surface area contributed by atoms with Crippen molar-refractivity contribution in [3.63, 3.8) is 0 Å². The first-order valence-corrected chi connectivity index (χ1v) is 6.96. The summed E-state index contributed by atoms with van der Waals surface area (Å²) in [5.74, 6) is -1.00. The van der Waals surface area contributed by atoms with E-state index in [1.54, 1.807) is 11.0 Å². The molecule has 1 aliphatic carbocycles. The fourth-order valence-corrected chi connectivity index (χ4v) is 2.62. The van der Waals surface area contributed by atoms with E-state index in [0.29, 0.717) is 19.6 Å². The molecule has 1 fully saturated rings. The zero-order chi connectivity index (χ0) is 14.3. The van der Waals surface area contributed by atoms with E-state index >= 15 is 0 Å². The lowest BCUT2D eigenvalue weighted by Crippen LogP contribution is -2.44. The summed E-state index contributed by atoms with van der Waals surface area (Å²) in [5, 5.41) is 12.0. The monoisotopic (exact) mass is 268 g/mol. The number of carboxylic acid groups (broad SMARTS) is 1. The quantitative estimate of drug-likeness (QED) is 0.725. The van der Waals surface area contributed by atoms with Crippen molar-refractivity contribution in [2.75, 3.05) is 19.6 Å². The number of nitrogens with zero attached hydrogens (tertiary/aromatic N) is 1. The molecule has 2 unspecified atom stereocenters. The molecule has 1 rings (SSSR count). The van der Waals surface area contributed by atoms with Crippen LogP contribution in [-0.2, 0) is 4.79 Å².